The zero-order chi connectivity index (χ0) is 17.9. The summed E-state index contributed by atoms with van der Waals surface area (Å²) in [6.07, 6.45) is 1.77. The molecule has 26 heavy (non-hydrogen) atoms. The number of fused-ring (bicyclic) bond motifs is 1. The molecule has 1 fully saturated rings. The molecule has 0 unspecified atom stereocenters. The van der Waals surface area contributed by atoms with Gasteiger partial charge in [-0.1, -0.05) is 24.3 Å². The molecule has 0 amide bonds. The van der Waals surface area contributed by atoms with Gasteiger partial charge in [0.25, 0.3) is 0 Å². The van der Waals surface area contributed by atoms with Gasteiger partial charge in [-0.05, 0) is 5.56 Å². The van der Waals surface area contributed by atoms with Gasteiger partial charge in [0.05, 0.1) is 25.1 Å². The highest BCUT2D eigenvalue weighted by molar-refractivity contribution is 5.67. The molecule has 0 bridgehead atoms. The van der Waals surface area contributed by atoms with Crippen LogP contribution in [0.5, 0.6) is 0 Å². The molecule has 1 aliphatic rings. The van der Waals surface area contributed by atoms with Crippen LogP contribution in [-0.4, -0.2) is 69.0 Å². The topological polar surface area (TPSA) is 77.1 Å². The molecule has 2 aromatic heterocycles. The summed E-state index contributed by atoms with van der Waals surface area (Å²) in [5.41, 5.74) is 3.63. The van der Waals surface area contributed by atoms with Crippen molar-refractivity contribution in [2.75, 3.05) is 44.2 Å². The zero-order valence-electron chi connectivity index (χ0n) is 14.6. The lowest BCUT2D eigenvalue weighted by Crippen LogP contribution is -2.47. The van der Waals surface area contributed by atoms with Crippen LogP contribution in [0.3, 0.4) is 0 Å². The van der Waals surface area contributed by atoms with Crippen molar-refractivity contribution in [3.8, 4) is 11.3 Å². The number of benzene rings is 1. The highest BCUT2D eigenvalue weighted by Gasteiger charge is 2.20. The number of hydrogen-bond acceptors (Lipinski definition) is 6. The van der Waals surface area contributed by atoms with Gasteiger partial charge >= 0.3 is 0 Å². The third-order valence-corrected chi connectivity index (χ3v) is 4.89. The largest absolute Gasteiger partial charge is 0.395 e. The van der Waals surface area contributed by atoms with E-state index in [1.165, 1.54) is 0 Å². The van der Waals surface area contributed by atoms with Crippen LogP contribution in [0, 0.1) is 0 Å². The molecular formula is C19H23N5O2. The van der Waals surface area contributed by atoms with Gasteiger partial charge in [0.15, 0.2) is 5.65 Å². The average molecular weight is 353 g/mol. The van der Waals surface area contributed by atoms with Gasteiger partial charge in [0.2, 0.25) is 0 Å². The van der Waals surface area contributed by atoms with Crippen LogP contribution in [0.4, 0.5) is 5.82 Å². The molecule has 136 valence electrons. The monoisotopic (exact) mass is 353 g/mol. The molecule has 7 heteroatoms. The first kappa shape index (κ1) is 17.0. The van der Waals surface area contributed by atoms with Crippen LogP contribution in [0.2, 0.25) is 0 Å². The van der Waals surface area contributed by atoms with Crippen molar-refractivity contribution >= 4 is 11.5 Å². The second-order valence-electron chi connectivity index (χ2n) is 6.51. The van der Waals surface area contributed by atoms with E-state index in [0.717, 1.165) is 61.0 Å². The van der Waals surface area contributed by atoms with Gasteiger partial charge in [0.1, 0.15) is 5.82 Å². The number of anilines is 1. The molecule has 7 nitrogen and oxygen atoms in total. The Bertz CT molecular complexity index is 869. The minimum atomic E-state index is 0.0404. The van der Waals surface area contributed by atoms with E-state index in [9.17, 15) is 5.11 Å². The minimum absolute atomic E-state index is 0.0404. The van der Waals surface area contributed by atoms with Crippen LogP contribution in [-0.2, 0) is 6.61 Å². The van der Waals surface area contributed by atoms with E-state index in [2.05, 4.69) is 21.0 Å². The molecule has 1 saturated heterocycles. The number of aromatic nitrogens is 3. The number of β-amino-alcohol motifs (C(OH)–C–C–N with tert-alkyl or cyclic N) is 1. The third-order valence-electron chi connectivity index (χ3n) is 4.89. The molecule has 0 saturated carbocycles. The maximum atomic E-state index is 9.23. The first-order valence-corrected chi connectivity index (χ1v) is 8.91. The van der Waals surface area contributed by atoms with Gasteiger partial charge in [-0.2, -0.15) is 9.61 Å². The SMILES string of the molecule is OCCN1CCN(c2cc(-c3ccc(CO)cc3)nc3ccnn23)CC1. The van der Waals surface area contributed by atoms with E-state index in [1.54, 1.807) is 6.20 Å². The van der Waals surface area contributed by atoms with E-state index < -0.39 is 0 Å². The lowest BCUT2D eigenvalue weighted by atomic mass is 10.1. The fourth-order valence-corrected chi connectivity index (χ4v) is 3.39. The van der Waals surface area contributed by atoms with Crippen LogP contribution in [0.1, 0.15) is 5.56 Å². The average Bonchev–Trinajstić information content (AvgIpc) is 3.17. The summed E-state index contributed by atoms with van der Waals surface area (Å²) in [5, 5.41) is 22.8. The van der Waals surface area contributed by atoms with E-state index in [1.807, 2.05) is 34.8 Å². The summed E-state index contributed by atoms with van der Waals surface area (Å²) in [4.78, 5) is 9.32. The zero-order valence-corrected chi connectivity index (χ0v) is 14.6. The van der Waals surface area contributed by atoms with Crippen LogP contribution in [0.25, 0.3) is 16.9 Å². The van der Waals surface area contributed by atoms with Crippen LogP contribution < -0.4 is 4.90 Å². The summed E-state index contributed by atoms with van der Waals surface area (Å²) >= 11 is 0. The quantitative estimate of drug-likeness (QED) is 0.713. The standard InChI is InChI=1S/C19H23N5O2/c25-12-11-22-7-9-23(10-8-22)19-13-17(21-18-5-6-20-24(18)19)16-3-1-15(14-26)2-4-16/h1-6,13,25-26H,7-12,14H2. The summed E-state index contributed by atoms with van der Waals surface area (Å²) in [7, 11) is 0. The fraction of sp³-hybridized carbons (Fsp3) is 0.368. The summed E-state index contributed by atoms with van der Waals surface area (Å²) in [6, 6.07) is 11.8. The number of rotatable bonds is 5. The van der Waals surface area contributed by atoms with E-state index in [-0.39, 0.29) is 13.2 Å². The second-order valence-corrected chi connectivity index (χ2v) is 6.51. The van der Waals surface area contributed by atoms with Crippen LogP contribution in [0.15, 0.2) is 42.6 Å². The molecule has 0 aliphatic carbocycles. The Morgan fingerprint density at radius 1 is 0.962 bits per heavy atom. The summed E-state index contributed by atoms with van der Waals surface area (Å²) in [6.45, 7) is 4.59. The van der Waals surface area contributed by atoms with Crippen molar-refractivity contribution in [1.29, 1.82) is 0 Å². The Morgan fingerprint density at radius 2 is 1.73 bits per heavy atom. The molecule has 1 aliphatic heterocycles. The minimum Gasteiger partial charge on any atom is -0.395 e. The van der Waals surface area contributed by atoms with Crippen LogP contribution >= 0.6 is 0 Å². The maximum Gasteiger partial charge on any atom is 0.157 e. The maximum absolute atomic E-state index is 9.23. The normalized spacial score (nSPS) is 15.7. The number of piperazine rings is 1. The molecule has 3 heterocycles. The Morgan fingerprint density at radius 3 is 2.42 bits per heavy atom. The lowest BCUT2D eigenvalue weighted by molar-refractivity contribution is 0.188. The molecule has 4 rings (SSSR count). The number of aliphatic hydroxyl groups is 2. The highest BCUT2D eigenvalue weighted by atomic mass is 16.3. The number of nitrogens with zero attached hydrogens (tertiary/aromatic N) is 5. The number of aliphatic hydroxyl groups excluding tert-OH is 2. The molecule has 3 aromatic rings. The molecule has 0 radical (unpaired) electrons. The van der Waals surface area contributed by atoms with Crippen molar-refractivity contribution in [3.63, 3.8) is 0 Å². The van der Waals surface area contributed by atoms with Gasteiger partial charge in [0, 0.05) is 50.4 Å². The molecule has 1 aromatic carbocycles. The van der Waals surface area contributed by atoms with Crippen molar-refractivity contribution in [2.24, 2.45) is 0 Å². The first-order chi connectivity index (χ1) is 12.8. The Kier molecular flexibility index (Phi) is 4.83. The van der Waals surface area contributed by atoms with E-state index in [4.69, 9.17) is 10.1 Å². The van der Waals surface area contributed by atoms with Crippen molar-refractivity contribution in [2.45, 2.75) is 6.61 Å². The van der Waals surface area contributed by atoms with E-state index in [0.29, 0.717) is 0 Å². The van der Waals surface area contributed by atoms with Crippen molar-refractivity contribution in [3.05, 3.63) is 48.2 Å². The lowest BCUT2D eigenvalue weighted by Gasteiger charge is -2.35. The van der Waals surface area contributed by atoms with Gasteiger partial charge in [-0.15, -0.1) is 0 Å². The van der Waals surface area contributed by atoms with Gasteiger partial charge in [-0.3, -0.25) is 4.90 Å². The Balaban J connectivity index is 1.67. The smallest absolute Gasteiger partial charge is 0.157 e. The molecule has 0 spiro atoms. The first-order valence-electron chi connectivity index (χ1n) is 8.91. The Labute approximate surface area is 152 Å². The van der Waals surface area contributed by atoms with Crippen molar-refractivity contribution in [1.82, 2.24) is 19.5 Å². The fourth-order valence-electron chi connectivity index (χ4n) is 3.39. The number of hydrogen-bond donors (Lipinski definition) is 2. The summed E-state index contributed by atoms with van der Waals surface area (Å²) < 4.78 is 1.88. The molecule has 2 N–H and O–H groups in total. The predicted molar refractivity (Wildman–Crippen MR) is 100 cm³/mol. The van der Waals surface area contributed by atoms with Gasteiger partial charge < -0.3 is 15.1 Å². The van der Waals surface area contributed by atoms with E-state index >= 15 is 0 Å². The second kappa shape index (κ2) is 7.41. The third kappa shape index (κ3) is 3.29. The molecule has 0 atom stereocenters. The summed E-state index contributed by atoms with van der Waals surface area (Å²) in [5.74, 6) is 1.03. The van der Waals surface area contributed by atoms with Crippen molar-refractivity contribution < 1.29 is 10.2 Å². The molecular weight excluding hydrogens is 330 g/mol. The predicted octanol–water partition coefficient (Wildman–Crippen LogP) is 1.00. The highest BCUT2D eigenvalue weighted by Crippen LogP contribution is 2.25. The Hall–Kier alpha value is -2.48. The van der Waals surface area contributed by atoms with Gasteiger partial charge in [-0.25, -0.2) is 4.98 Å².